The van der Waals surface area contributed by atoms with Crippen molar-refractivity contribution >= 4 is 32.4 Å². The molecule has 0 aliphatic rings. The van der Waals surface area contributed by atoms with Crippen LogP contribution in [0.15, 0.2) is 0 Å². The van der Waals surface area contributed by atoms with E-state index in [2.05, 4.69) is 0 Å². The molecule has 0 rings (SSSR count). The summed E-state index contributed by atoms with van der Waals surface area (Å²) in [6.45, 7) is 0. The normalized spacial score (nSPS) is 0. The van der Waals surface area contributed by atoms with Crippen molar-refractivity contribution in [3.05, 3.63) is 0 Å². The van der Waals surface area contributed by atoms with Gasteiger partial charge in [-0.1, -0.05) is 0 Å². The number of halogens is 1. The van der Waals surface area contributed by atoms with Crippen LogP contribution in [0.2, 0.25) is 0 Å². The van der Waals surface area contributed by atoms with Gasteiger partial charge < -0.3 is 0 Å². The Kier molecular flexibility index (Phi) is 348. The summed E-state index contributed by atoms with van der Waals surface area (Å²) in [6.07, 6.45) is 0. The van der Waals surface area contributed by atoms with Crippen molar-refractivity contribution in [1.29, 1.82) is 0 Å². The van der Waals surface area contributed by atoms with Crippen molar-refractivity contribution < 1.29 is 21.8 Å². The fourth-order valence-electron chi connectivity index (χ4n) is 0. The minimum atomic E-state index is 0. The van der Waals surface area contributed by atoms with Gasteiger partial charge in [-0.2, -0.15) is 13.5 Å². The molecule has 0 aliphatic carbocycles. The van der Waals surface area contributed by atoms with Gasteiger partial charge in [0.15, 0.2) is 0 Å². The van der Waals surface area contributed by atoms with Crippen LogP contribution in [-0.2, 0) is 17.1 Å². The first-order valence-electron chi connectivity index (χ1n) is 0. The van der Waals surface area contributed by atoms with Crippen LogP contribution in [0.25, 0.3) is 0 Å². The van der Waals surface area contributed by atoms with Gasteiger partial charge in [-0.25, -0.2) is 0 Å². The molecule has 0 aromatic heterocycles. The molecule has 0 aromatic rings. The molecule has 4 heteroatoms. The van der Waals surface area contributed by atoms with E-state index < -0.39 is 0 Å². The standard InChI is InChI=1S/Cu.FH.Li.H2S.H/h;1H;;1H2;. The molecule has 0 nitrogen and oxygen atoms in total. The maximum atomic E-state index is 0. The van der Waals surface area contributed by atoms with E-state index in [9.17, 15) is 0 Å². The van der Waals surface area contributed by atoms with E-state index in [4.69, 9.17) is 0 Å². The molecular formula is H4CuFLiS. The molecule has 0 saturated heterocycles. The molecule has 0 aliphatic heterocycles. The van der Waals surface area contributed by atoms with E-state index in [1.54, 1.807) is 0 Å². The van der Waals surface area contributed by atoms with Gasteiger partial charge in [-0.3, -0.25) is 4.70 Å². The summed E-state index contributed by atoms with van der Waals surface area (Å²) < 4.78 is 0. The average molecular weight is 126 g/mol. The monoisotopic (exact) mass is 125 g/mol. The molecule has 0 bridgehead atoms. The SMILES string of the molecule is F.S.[Cu].[LiH]. The van der Waals surface area contributed by atoms with Crippen molar-refractivity contribution in [3.63, 3.8) is 0 Å². The van der Waals surface area contributed by atoms with E-state index in [0.29, 0.717) is 0 Å². The van der Waals surface area contributed by atoms with Gasteiger partial charge in [-0.15, -0.1) is 0 Å². The third-order valence-corrected chi connectivity index (χ3v) is 0. The summed E-state index contributed by atoms with van der Waals surface area (Å²) in [4.78, 5) is 0. The summed E-state index contributed by atoms with van der Waals surface area (Å²) in [5.74, 6) is 0. The van der Waals surface area contributed by atoms with Crippen molar-refractivity contribution in [2.75, 3.05) is 0 Å². The van der Waals surface area contributed by atoms with E-state index in [-0.39, 0.29) is 54.1 Å². The molecule has 0 spiro atoms. The quantitative estimate of drug-likeness (QED) is 0.387. The summed E-state index contributed by atoms with van der Waals surface area (Å²) >= 11 is 0. The average Bonchev–Trinajstić information content (AvgIpc) is 0. The molecule has 0 heterocycles. The molecule has 0 N–H and O–H groups in total. The molecule has 1 radical (unpaired) electrons. The fourth-order valence-corrected chi connectivity index (χ4v) is 0. The van der Waals surface area contributed by atoms with Crippen molar-refractivity contribution in [1.82, 2.24) is 0 Å². The summed E-state index contributed by atoms with van der Waals surface area (Å²) in [6, 6.07) is 0. The topological polar surface area (TPSA) is 0 Å². The van der Waals surface area contributed by atoms with Crippen molar-refractivity contribution in [2.24, 2.45) is 0 Å². The van der Waals surface area contributed by atoms with Crippen LogP contribution in [0.3, 0.4) is 0 Å². The molecule has 0 atom stereocenters. The van der Waals surface area contributed by atoms with E-state index in [1.807, 2.05) is 0 Å². The molecule has 0 amide bonds. The van der Waals surface area contributed by atoms with Gasteiger partial charge in [0.05, 0.1) is 0 Å². The van der Waals surface area contributed by atoms with Gasteiger partial charge in [0.25, 0.3) is 0 Å². The van der Waals surface area contributed by atoms with Crippen LogP contribution in [-0.4, -0.2) is 18.9 Å². The zero-order valence-electron chi connectivity index (χ0n) is 1.21. The Labute approximate surface area is 54.2 Å². The third kappa shape index (κ3) is 10.0. The second-order valence-electron chi connectivity index (χ2n) is 0. The van der Waals surface area contributed by atoms with Crippen LogP contribution < -0.4 is 0 Å². The van der Waals surface area contributed by atoms with Crippen LogP contribution in [0.5, 0.6) is 0 Å². The molecular weight excluding hydrogens is 122 g/mol. The zero-order chi connectivity index (χ0) is 0. The molecule has 0 fully saturated rings. The Morgan fingerprint density at radius 1 is 1.00 bits per heavy atom. The molecule has 0 unspecified atom stereocenters. The Morgan fingerprint density at radius 3 is 1.00 bits per heavy atom. The number of rotatable bonds is 0. The number of hydrogen-bond acceptors (Lipinski definition) is 0. The summed E-state index contributed by atoms with van der Waals surface area (Å²) in [7, 11) is 0. The molecule has 29 valence electrons. The zero-order valence-corrected chi connectivity index (χ0v) is 3.15. The van der Waals surface area contributed by atoms with E-state index in [1.165, 1.54) is 0 Å². The Hall–Kier alpha value is 1.40. The van der Waals surface area contributed by atoms with Crippen LogP contribution in [0.4, 0.5) is 4.70 Å². The minimum absolute atomic E-state index is 0. The predicted octanol–water partition coefficient (Wildman–Crippen LogP) is -0.386. The maximum absolute atomic E-state index is 0. The summed E-state index contributed by atoms with van der Waals surface area (Å²) in [5.41, 5.74) is 0. The predicted molar refractivity (Wildman–Crippen MR) is 20.0 cm³/mol. The Balaban J connectivity index is 0. The Bertz CT molecular complexity index is 8.00. The summed E-state index contributed by atoms with van der Waals surface area (Å²) in [5, 5.41) is 0. The first kappa shape index (κ1) is 53.5. The van der Waals surface area contributed by atoms with Gasteiger partial charge in [0.2, 0.25) is 0 Å². The molecule has 0 aromatic carbocycles. The number of hydrogen-bond donors (Lipinski definition) is 0. The van der Waals surface area contributed by atoms with Crippen molar-refractivity contribution in [3.8, 4) is 0 Å². The van der Waals surface area contributed by atoms with E-state index in [0.717, 1.165) is 0 Å². The van der Waals surface area contributed by atoms with Crippen molar-refractivity contribution in [2.45, 2.75) is 0 Å². The second kappa shape index (κ2) is 26.0. The van der Waals surface area contributed by atoms with Crippen LogP contribution in [0, 0.1) is 0 Å². The van der Waals surface area contributed by atoms with E-state index >= 15 is 0 Å². The van der Waals surface area contributed by atoms with Gasteiger partial charge >= 0.3 is 18.9 Å². The van der Waals surface area contributed by atoms with Gasteiger partial charge in [0, 0.05) is 17.1 Å². The van der Waals surface area contributed by atoms with Gasteiger partial charge in [0.1, 0.15) is 0 Å². The third-order valence-electron chi connectivity index (χ3n) is 0. The van der Waals surface area contributed by atoms with Crippen LogP contribution in [0.1, 0.15) is 0 Å². The first-order chi connectivity index (χ1) is 0. The molecule has 4 heavy (non-hydrogen) atoms. The Morgan fingerprint density at radius 2 is 1.00 bits per heavy atom. The first-order valence-corrected chi connectivity index (χ1v) is 0. The van der Waals surface area contributed by atoms with Gasteiger partial charge in [-0.05, 0) is 0 Å². The van der Waals surface area contributed by atoms with Crippen LogP contribution >= 0.6 is 13.5 Å². The fraction of sp³-hybridized carbons (Fsp3) is 0. The second-order valence-corrected chi connectivity index (χ2v) is 0. The molecule has 0 saturated carbocycles.